The second-order valence-corrected chi connectivity index (χ2v) is 9.87. The molecule has 44 heavy (non-hydrogen) atoms. The standard InChI is InChI=1S/C25H36N8O11/c26-13(2-1-3-29-25(27)28)21(40)30-8-19(37)31-14(7-20(38)39)22(41)32-15(10-34)23(42)33-9-12-6-18(36)17(35)5-11(12)4-16(33)24(43)44/h5-6,13-16,34-36H,1-4,7-10,26H2,(H,30,40)(H,31,37)(H,32,41)(H,38,39)(H,43,44)(H4,27,28,29)/t13-,14-,15-,16?/m0/s1. The summed E-state index contributed by atoms with van der Waals surface area (Å²) in [5.74, 6) is -7.98. The minimum atomic E-state index is -1.76. The maximum atomic E-state index is 13.3. The first-order valence-electron chi connectivity index (χ1n) is 13.2. The number of nitrogens with one attached hydrogen (secondary N) is 3. The fourth-order valence-electron chi connectivity index (χ4n) is 4.30. The number of carbonyl (C=O) groups is 6. The van der Waals surface area contributed by atoms with E-state index in [9.17, 15) is 54.3 Å². The molecule has 1 aromatic rings. The number of phenolic OH excluding ortho intramolecular Hbond substituents is 2. The quantitative estimate of drug-likeness (QED) is 0.0378. The lowest BCUT2D eigenvalue weighted by molar-refractivity contribution is -0.153. The summed E-state index contributed by atoms with van der Waals surface area (Å²) in [4.78, 5) is 78.7. The molecule has 2 rings (SSSR count). The Labute approximate surface area is 250 Å². The number of benzene rings is 1. The number of nitrogens with two attached hydrogens (primary N) is 3. The van der Waals surface area contributed by atoms with Crippen molar-refractivity contribution in [1.82, 2.24) is 20.9 Å². The van der Waals surface area contributed by atoms with Crippen LogP contribution in [0.3, 0.4) is 0 Å². The zero-order valence-corrected chi connectivity index (χ0v) is 23.4. The van der Waals surface area contributed by atoms with Crippen LogP contribution in [0, 0.1) is 0 Å². The van der Waals surface area contributed by atoms with Crippen molar-refractivity contribution in [2.45, 2.75) is 56.4 Å². The van der Waals surface area contributed by atoms with Gasteiger partial charge in [-0.3, -0.25) is 29.0 Å². The lowest BCUT2D eigenvalue weighted by atomic mass is 9.92. The van der Waals surface area contributed by atoms with Gasteiger partial charge >= 0.3 is 11.9 Å². The van der Waals surface area contributed by atoms with Gasteiger partial charge in [-0.25, -0.2) is 4.79 Å². The normalized spacial score (nSPS) is 16.0. The van der Waals surface area contributed by atoms with Crippen molar-refractivity contribution < 1.29 is 54.3 Å². The number of aliphatic imine (C=N–C) groups is 1. The third-order valence-electron chi connectivity index (χ3n) is 6.55. The van der Waals surface area contributed by atoms with Gasteiger partial charge in [0.1, 0.15) is 18.1 Å². The molecule has 1 heterocycles. The van der Waals surface area contributed by atoms with Gasteiger partial charge in [0.25, 0.3) is 0 Å². The van der Waals surface area contributed by atoms with Crippen molar-refractivity contribution in [3.63, 3.8) is 0 Å². The first kappa shape index (κ1) is 35.0. The van der Waals surface area contributed by atoms with Crippen molar-refractivity contribution in [1.29, 1.82) is 0 Å². The number of aliphatic hydroxyl groups is 1. The number of carboxylic acids is 2. The van der Waals surface area contributed by atoms with E-state index < -0.39 is 90.8 Å². The number of hydrogen-bond donors (Lipinski definition) is 11. The average Bonchev–Trinajstić information content (AvgIpc) is 2.95. The van der Waals surface area contributed by atoms with E-state index in [1.54, 1.807) is 0 Å². The number of amides is 4. The van der Waals surface area contributed by atoms with Crippen molar-refractivity contribution in [3.05, 3.63) is 23.3 Å². The molecule has 19 heteroatoms. The summed E-state index contributed by atoms with van der Waals surface area (Å²) >= 11 is 0. The second kappa shape index (κ2) is 15.9. The largest absolute Gasteiger partial charge is 0.504 e. The smallest absolute Gasteiger partial charge is 0.326 e. The number of carbonyl (C=O) groups excluding carboxylic acids is 4. The molecule has 0 aliphatic carbocycles. The molecule has 1 unspecified atom stereocenters. The van der Waals surface area contributed by atoms with Crippen LogP contribution in [0.2, 0.25) is 0 Å². The number of rotatable bonds is 15. The molecule has 0 saturated carbocycles. The molecule has 0 fully saturated rings. The van der Waals surface area contributed by atoms with Gasteiger partial charge in [0.2, 0.25) is 23.6 Å². The minimum absolute atomic E-state index is 0.126. The number of aliphatic carboxylic acids is 2. The van der Waals surface area contributed by atoms with Crippen molar-refractivity contribution >= 4 is 41.5 Å². The number of nitrogens with zero attached hydrogens (tertiary/aromatic N) is 2. The van der Waals surface area contributed by atoms with Crippen molar-refractivity contribution in [2.75, 3.05) is 19.7 Å². The Bertz CT molecular complexity index is 1300. The molecule has 4 atom stereocenters. The van der Waals surface area contributed by atoms with E-state index in [2.05, 4.69) is 20.9 Å². The van der Waals surface area contributed by atoms with Crippen LogP contribution in [0.15, 0.2) is 17.1 Å². The topological polar surface area (TPSA) is 333 Å². The van der Waals surface area contributed by atoms with E-state index in [4.69, 9.17) is 17.2 Å². The van der Waals surface area contributed by atoms with E-state index >= 15 is 0 Å². The van der Waals surface area contributed by atoms with Crippen LogP contribution in [-0.4, -0.2) is 116 Å². The molecular formula is C25H36N8O11. The zero-order chi connectivity index (χ0) is 33.1. The molecule has 1 aliphatic heterocycles. The van der Waals surface area contributed by atoms with Crippen LogP contribution in [0.4, 0.5) is 0 Å². The number of aliphatic hydroxyl groups excluding tert-OH is 1. The van der Waals surface area contributed by atoms with E-state index in [1.807, 2.05) is 0 Å². The Morgan fingerprint density at radius 1 is 0.977 bits per heavy atom. The molecular weight excluding hydrogens is 588 g/mol. The molecule has 0 bridgehead atoms. The molecule has 1 aromatic carbocycles. The molecule has 19 nitrogen and oxygen atoms in total. The van der Waals surface area contributed by atoms with Crippen LogP contribution >= 0.6 is 0 Å². The van der Waals surface area contributed by atoms with Crippen LogP contribution < -0.4 is 33.2 Å². The highest BCUT2D eigenvalue weighted by Gasteiger charge is 2.39. The molecule has 0 aromatic heterocycles. The van der Waals surface area contributed by atoms with Gasteiger partial charge in [-0.2, -0.15) is 0 Å². The summed E-state index contributed by atoms with van der Waals surface area (Å²) in [6.45, 7) is -1.84. The maximum Gasteiger partial charge on any atom is 0.326 e. The van der Waals surface area contributed by atoms with Crippen LogP contribution in [0.1, 0.15) is 30.4 Å². The Morgan fingerprint density at radius 2 is 1.61 bits per heavy atom. The Balaban J connectivity index is 2.06. The summed E-state index contributed by atoms with van der Waals surface area (Å²) in [6.07, 6.45) is -0.660. The predicted molar refractivity (Wildman–Crippen MR) is 150 cm³/mol. The highest BCUT2D eigenvalue weighted by molar-refractivity contribution is 5.96. The molecule has 14 N–H and O–H groups in total. The highest BCUT2D eigenvalue weighted by Crippen LogP contribution is 2.33. The maximum absolute atomic E-state index is 13.3. The first-order chi connectivity index (χ1) is 20.6. The monoisotopic (exact) mass is 624 g/mol. The average molecular weight is 625 g/mol. The fraction of sp³-hybridized carbons (Fsp3) is 0.480. The molecule has 0 radical (unpaired) electrons. The Hall–Kier alpha value is -5.17. The van der Waals surface area contributed by atoms with Gasteiger partial charge in [-0.15, -0.1) is 0 Å². The predicted octanol–water partition coefficient (Wildman–Crippen LogP) is -4.63. The zero-order valence-electron chi connectivity index (χ0n) is 23.4. The Morgan fingerprint density at radius 3 is 2.18 bits per heavy atom. The van der Waals surface area contributed by atoms with E-state index in [-0.39, 0.29) is 31.9 Å². The lowest BCUT2D eigenvalue weighted by Gasteiger charge is -2.36. The van der Waals surface area contributed by atoms with Gasteiger partial charge < -0.3 is 63.6 Å². The SMILES string of the molecule is NC(N)=NCCC[C@H](N)C(=O)NCC(=O)N[C@@H](CC(=O)O)C(=O)N[C@@H](CO)C(=O)N1Cc2cc(O)c(O)cc2CC1C(=O)O. The second-order valence-electron chi connectivity index (χ2n) is 9.87. The number of fused-ring (bicyclic) bond motifs is 1. The van der Waals surface area contributed by atoms with E-state index in [0.29, 0.717) is 17.5 Å². The fourth-order valence-corrected chi connectivity index (χ4v) is 4.30. The third kappa shape index (κ3) is 9.98. The number of phenols is 2. The molecule has 242 valence electrons. The summed E-state index contributed by atoms with van der Waals surface area (Å²) in [7, 11) is 0. The van der Waals surface area contributed by atoms with Gasteiger partial charge in [0.05, 0.1) is 25.6 Å². The van der Waals surface area contributed by atoms with Crippen LogP contribution in [-0.2, 0) is 41.7 Å². The number of aromatic hydroxyl groups is 2. The van der Waals surface area contributed by atoms with Gasteiger partial charge in [-0.1, -0.05) is 0 Å². The summed E-state index contributed by atoms with van der Waals surface area (Å²) in [6, 6.07) is -3.69. The summed E-state index contributed by atoms with van der Waals surface area (Å²) < 4.78 is 0. The van der Waals surface area contributed by atoms with Crippen molar-refractivity contribution in [3.8, 4) is 11.5 Å². The van der Waals surface area contributed by atoms with Crippen molar-refractivity contribution in [2.24, 2.45) is 22.2 Å². The lowest BCUT2D eigenvalue weighted by Crippen LogP contribution is -2.59. The van der Waals surface area contributed by atoms with E-state index in [1.165, 1.54) is 0 Å². The van der Waals surface area contributed by atoms with Gasteiger partial charge in [-0.05, 0) is 36.1 Å². The summed E-state index contributed by atoms with van der Waals surface area (Å²) in [5.41, 5.74) is 16.8. The summed E-state index contributed by atoms with van der Waals surface area (Å²) in [5, 5.41) is 54.9. The van der Waals surface area contributed by atoms with E-state index in [0.717, 1.165) is 17.0 Å². The molecule has 0 spiro atoms. The first-order valence-corrected chi connectivity index (χ1v) is 13.2. The van der Waals surface area contributed by atoms with Crippen LogP contribution in [0.5, 0.6) is 11.5 Å². The van der Waals surface area contributed by atoms with Crippen LogP contribution in [0.25, 0.3) is 0 Å². The minimum Gasteiger partial charge on any atom is -0.504 e. The molecule has 4 amide bonds. The third-order valence-corrected chi connectivity index (χ3v) is 6.55. The van der Waals surface area contributed by atoms with Gasteiger partial charge in [0, 0.05) is 19.5 Å². The molecule has 0 saturated heterocycles. The highest BCUT2D eigenvalue weighted by atomic mass is 16.4. The number of guanidine groups is 1. The Kier molecular flexibility index (Phi) is 12.6. The number of carboxylic acid groups (broad SMARTS) is 2. The van der Waals surface area contributed by atoms with Gasteiger partial charge in [0.15, 0.2) is 17.5 Å². The number of hydrogen-bond acceptors (Lipinski definition) is 11. The molecule has 1 aliphatic rings.